The summed E-state index contributed by atoms with van der Waals surface area (Å²) < 4.78 is 14.0. The van der Waals surface area contributed by atoms with Crippen LogP contribution in [0, 0.1) is 18.7 Å². The fraction of sp³-hybridized carbons (Fsp3) is 0.478. The summed E-state index contributed by atoms with van der Waals surface area (Å²) in [6, 6.07) is 6.63. The van der Waals surface area contributed by atoms with E-state index in [0.29, 0.717) is 43.3 Å². The zero-order valence-electron chi connectivity index (χ0n) is 17.7. The maximum Gasteiger partial charge on any atom is 0.232 e. The first-order chi connectivity index (χ1) is 14.3. The minimum Gasteiger partial charge on any atom is -0.342 e. The Labute approximate surface area is 176 Å². The third kappa shape index (κ3) is 3.80. The van der Waals surface area contributed by atoms with Crippen LogP contribution in [-0.2, 0) is 22.4 Å². The van der Waals surface area contributed by atoms with Gasteiger partial charge in [0.05, 0.1) is 6.42 Å². The summed E-state index contributed by atoms with van der Waals surface area (Å²) in [6.07, 6.45) is 1.53. The van der Waals surface area contributed by atoms with Crippen molar-refractivity contribution in [3.05, 3.63) is 52.7 Å². The molecule has 158 valence electrons. The van der Waals surface area contributed by atoms with Gasteiger partial charge in [0.15, 0.2) is 0 Å². The van der Waals surface area contributed by atoms with Gasteiger partial charge in [0.25, 0.3) is 0 Å². The van der Waals surface area contributed by atoms with Crippen LogP contribution in [0.4, 0.5) is 10.2 Å². The van der Waals surface area contributed by atoms with Gasteiger partial charge in [0.1, 0.15) is 17.5 Å². The van der Waals surface area contributed by atoms with E-state index in [-0.39, 0.29) is 35.9 Å². The van der Waals surface area contributed by atoms with Gasteiger partial charge in [-0.25, -0.2) is 14.4 Å². The maximum absolute atomic E-state index is 14.0. The van der Waals surface area contributed by atoms with Crippen LogP contribution in [0.1, 0.15) is 48.8 Å². The van der Waals surface area contributed by atoms with E-state index >= 15 is 0 Å². The molecule has 1 saturated heterocycles. The number of hydrogen-bond acceptors (Lipinski definition) is 4. The van der Waals surface area contributed by atoms with Crippen molar-refractivity contribution in [1.82, 2.24) is 14.9 Å². The first-order valence-corrected chi connectivity index (χ1v) is 10.5. The molecule has 0 spiro atoms. The molecule has 30 heavy (non-hydrogen) atoms. The summed E-state index contributed by atoms with van der Waals surface area (Å²) in [4.78, 5) is 37.9. The second-order valence-corrected chi connectivity index (χ2v) is 8.46. The van der Waals surface area contributed by atoms with E-state index in [1.807, 2.05) is 25.7 Å². The van der Waals surface area contributed by atoms with Crippen molar-refractivity contribution in [1.29, 1.82) is 0 Å². The number of carbonyl (C=O) groups excluding carboxylic acids is 2. The number of nitrogens with zero attached hydrogens (tertiary/aromatic N) is 4. The van der Waals surface area contributed by atoms with E-state index in [2.05, 4.69) is 4.98 Å². The van der Waals surface area contributed by atoms with Crippen LogP contribution in [-0.4, -0.2) is 46.3 Å². The van der Waals surface area contributed by atoms with E-state index in [0.717, 1.165) is 17.7 Å². The second-order valence-electron chi connectivity index (χ2n) is 8.46. The molecule has 2 aliphatic rings. The highest BCUT2D eigenvalue weighted by molar-refractivity contribution is 6.00. The van der Waals surface area contributed by atoms with Crippen molar-refractivity contribution in [2.45, 2.75) is 46.0 Å². The largest absolute Gasteiger partial charge is 0.342 e. The van der Waals surface area contributed by atoms with E-state index in [4.69, 9.17) is 4.98 Å². The first kappa shape index (κ1) is 20.4. The number of carbonyl (C=O) groups is 2. The Kier molecular flexibility index (Phi) is 5.54. The molecule has 1 aromatic heterocycles. The number of aromatic nitrogens is 2. The standard InChI is InChI=1S/C23H27FN4O2/c1-14(2)23(30)27-10-8-17(13-27)21-25-15(3)18-12-20(29)28(22(18)26-21)11-9-16-6-4-5-7-19(16)24/h4-7,14,17H,8-13H2,1-3H3/t17-/m0/s1. The summed E-state index contributed by atoms with van der Waals surface area (Å²) in [6.45, 7) is 7.42. The van der Waals surface area contributed by atoms with Crippen LogP contribution in [0.3, 0.4) is 0 Å². The average molecular weight is 410 g/mol. The molecular formula is C23H27FN4O2. The summed E-state index contributed by atoms with van der Waals surface area (Å²) in [5, 5.41) is 0. The summed E-state index contributed by atoms with van der Waals surface area (Å²) >= 11 is 0. The molecular weight excluding hydrogens is 383 g/mol. The minimum absolute atomic E-state index is 0.0288. The van der Waals surface area contributed by atoms with Gasteiger partial charge in [0.2, 0.25) is 11.8 Å². The van der Waals surface area contributed by atoms with Gasteiger partial charge >= 0.3 is 0 Å². The lowest BCUT2D eigenvalue weighted by molar-refractivity contribution is -0.133. The van der Waals surface area contributed by atoms with Crippen molar-refractivity contribution in [2.75, 3.05) is 24.5 Å². The fourth-order valence-electron chi connectivity index (χ4n) is 4.28. The number of aryl methyl sites for hydroxylation is 1. The van der Waals surface area contributed by atoms with Gasteiger partial charge in [-0.3, -0.25) is 14.5 Å². The van der Waals surface area contributed by atoms with Crippen LogP contribution in [0.15, 0.2) is 24.3 Å². The number of rotatable bonds is 5. The molecule has 0 radical (unpaired) electrons. The smallest absolute Gasteiger partial charge is 0.232 e. The monoisotopic (exact) mass is 410 g/mol. The highest BCUT2D eigenvalue weighted by Gasteiger charge is 2.35. The Hall–Kier alpha value is -2.83. The highest BCUT2D eigenvalue weighted by atomic mass is 19.1. The summed E-state index contributed by atoms with van der Waals surface area (Å²) in [7, 11) is 0. The molecule has 6 nitrogen and oxygen atoms in total. The molecule has 1 aromatic carbocycles. The van der Waals surface area contributed by atoms with Gasteiger partial charge < -0.3 is 4.90 Å². The zero-order valence-corrected chi connectivity index (χ0v) is 17.7. The van der Waals surface area contributed by atoms with E-state index in [1.165, 1.54) is 6.07 Å². The molecule has 7 heteroatoms. The maximum atomic E-state index is 14.0. The number of fused-ring (bicyclic) bond motifs is 1. The first-order valence-electron chi connectivity index (χ1n) is 10.5. The van der Waals surface area contributed by atoms with Crippen LogP contribution in [0.5, 0.6) is 0 Å². The van der Waals surface area contributed by atoms with Crippen LogP contribution >= 0.6 is 0 Å². The van der Waals surface area contributed by atoms with Crippen molar-refractivity contribution >= 4 is 17.6 Å². The number of benzene rings is 1. The van der Waals surface area contributed by atoms with Crippen LogP contribution < -0.4 is 4.90 Å². The molecule has 3 heterocycles. The highest BCUT2D eigenvalue weighted by Crippen LogP contribution is 2.33. The molecule has 0 unspecified atom stereocenters. The van der Waals surface area contributed by atoms with Crippen molar-refractivity contribution in [3.8, 4) is 0 Å². The molecule has 1 atom stereocenters. The fourth-order valence-corrected chi connectivity index (χ4v) is 4.28. The molecule has 0 aliphatic carbocycles. The summed E-state index contributed by atoms with van der Waals surface area (Å²) in [5.41, 5.74) is 2.25. The third-order valence-electron chi connectivity index (χ3n) is 6.02. The second kappa shape index (κ2) is 8.13. The Morgan fingerprint density at radius 3 is 2.77 bits per heavy atom. The van der Waals surface area contributed by atoms with E-state index in [9.17, 15) is 14.0 Å². The lowest BCUT2D eigenvalue weighted by atomic mass is 10.1. The SMILES string of the molecule is Cc1nc([C@H]2CCN(C(=O)C(C)C)C2)nc2c1CC(=O)N2CCc1ccccc1F. The molecule has 0 bridgehead atoms. The number of halogens is 1. The number of hydrogen-bond donors (Lipinski definition) is 0. The lowest BCUT2D eigenvalue weighted by Crippen LogP contribution is -2.32. The molecule has 0 saturated carbocycles. The average Bonchev–Trinajstić information content (AvgIpc) is 3.32. The predicted molar refractivity (Wildman–Crippen MR) is 112 cm³/mol. The molecule has 4 rings (SSSR count). The molecule has 0 N–H and O–H groups in total. The van der Waals surface area contributed by atoms with Crippen LogP contribution in [0.25, 0.3) is 0 Å². The Balaban J connectivity index is 1.55. The topological polar surface area (TPSA) is 66.4 Å². The van der Waals surface area contributed by atoms with E-state index < -0.39 is 0 Å². The van der Waals surface area contributed by atoms with Crippen molar-refractivity contribution in [2.24, 2.45) is 5.92 Å². The van der Waals surface area contributed by atoms with Gasteiger partial charge in [-0.05, 0) is 31.4 Å². The van der Waals surface area contributed by atoms with Gasteiger partial charge in [0, 0.05) is 42.7 Å². The number of amides is 2. The van der Waals surface area contributed by atoms with Crippen LogP contribution in [0.2, 0.25) is 0 Å². The van der Waals surface area contributed by atoms with Crippen molar-refractivity contribution < 1.29 is 14.0 Å². The Morgan fingerprint density at radius 1 is 1.27 bits per heavy atom. The van der Waals surface area contributed by atoms with Gasteiger partial charge in [-0.15, -0.1) is 0 Å². The van der Waals surface area contributed by atoms with Gasteiger partial charge in [-0.1, -0.05) is 32.0 Å². The summed E-state index contributed by atoms with van der Waals surface area (Å²) in [5.74, 6) is 1.24. The Morgan fingerprint density at radius 2 is 2.03 bits per heavy atom. The predicted octanol–water partition coefficient (Wildman–Crippen LogP) is 3.03. The quantitative estimate of drug-likeness (QED) is 0.760. The van der Waals surface area contributed by atoms with Gasteiger partial charge in [-0.2, -0.15) is 0 Å². The molecule has 2 aromatic rings. The Bertz CT molecular complexity index is 991. The normalized spacial score (nSPS) is 18.4. The lowest BCUT2D eigenvalue weighted by Gasteiger charge is -2.20. The number of likely N-dealkylation sites (tertiary alicyclic amines) is 1. The third-order valence-corrected chi connectivity index (χ3v) is 6.02. The molecule has 2 aliphatic heterocycles. The zero-order chi connectivity index (χ0) is 21.4. The van der Waals surface area contributed by atoms with E-state index in [1.54, 1.807) is 23.1 Å². The molecule has 1 fully saturated rings. The molecule has 2 amide bonds. The number of anilines is 1. The minimum atomic E-state index is -0.259. The van der Waals surface area contributed by atoms with Crippen molar-refractivity contribution in [3.63, 3.8) is 0 Å².